The fourth-order valence-electron chi connectivity index (χ4n) is 3.75. The second-order valence-corrected chi connectivity index (χ2v) is 6.33. The minimum Gasteiger partial charge on any atom is -0.378 e. The smallest absolute Gasteiger partial charge is 0.0594 e. The van der Waals surface area contributed by atoms with Crippen LogP contribution in [-0.4, -0.2) is 19.8 Å². The fraction of sp³-hybridized carbons (Fsp3) is 0.667. The Morgan fingerprint density at radius 2 is 1.45 bits per heavy atom. The predicted molar refractivity (Wildman–Crippen MR) is 85.4 cm³/mol. The van der Waals surface area contributed by atoms with E-state index in [9.17, 15) is 0 Å². The van der Waals surface area contributed by atoms with E-state index in [4.69, 9.17) is 4.74 Å². The maximum Gasteiger partial charge on any atom is 0.0594 e. The second-order valence-electron chi connectivity index (χ2n) is 6.33. The van der Waals surface area contributed by atoms with Gasteiger partial charge in [-0.25, -0.2) is 0 Å². The molecule has 2 nitrogen and oxygen atoms in total. The van der Waals surface area contributed by atoms with Gasteiger partial charge in [0.25, 0.3) is 0 Å². The Morgan fingerprint density at radius 1 is 0.950 bits per heavy atom. The summed E-state index contributed by atoms with van der Waals surface area (Å²) in [4.78, 5) is 0. The van der Waals surface area contributed by atoms with Crippen molar-refractivity contribution in [3.05, 3.63) is 33.4 Å². The maximum atomic E-state index is 5.79. The largest absolute Gasteiger partial charge is 0.378 e. The normalized spacial score (nSPS) is 24.1. The number of benzene rings is 1. The molecule has 1 fully saturated rings. The van der Waals surface area contributed by atoms with E-state index in [1.165, 1.54) is 33.4 Å². The van der Waals surface area contributed by atoms with E-state index in [0.29, 0.717) is 18.1 Å². The highest BCUT2D eigenvalue weighted by Gasteiger charge is 2.34. The first kappa shape index (κ1) is 15.5. The Labute approximate surface area is 123 Å². The van der Waals surface area contributed by atoms with Gasteiger partial charge < -0.3 is 10.1 Å². The molecule has 20 heavy (non-hydrogen) atoms. The predicted octanol–water partition coefficient (Wildman–Crippen LogP) is 3.91. The molecule has 2 heteroatoms. The summed E-state index contributed by atoms with van der Waals surface area (Å²) in [6, 6.07) is 0.394. The van der Waals surface area contributed by atoms with Gasteiger partial charge in [0.15, 0.2) is 0 Å². The zero-order valence-electron chi connectivity index (χ0n) is 14.1. The summed E-state index contributed by atoms with van der Waals surface area (Å²) in [5.41, 5.74) is 8.71. The highest BCUT2D eigenvalue weighted by atomic mass is 16.5. The minimum atomic E-state index is 0.341. The van der Waals surface area contributed by atoms with Crippen molar-refractivity contribution < 1.29 is 4.74 Å². The van der Waals surface area contributed by atoms with Gasteiger partial charge >= 0.3 is 0 Å². The summed E-state index contributed by atoms with van der Waals surface area (Å²) in [6.45, 7) is 14.4. The van der Waals surface area contributed by atoms with Crippen molar-refractivity contribution in [1.29, 1.82) is 0 Å². The van der Waals surface area contributed by atoms with Gasteiger partial charge in [-0.2, -0.15) is 0 Å². The molecule has 1 aromatic carbocycles. The van der Waals surface area contributed by atoms with Crippen LogP contribution in [0.1, 0.15) is 52.8 Å². The molecular formula is C18H29NO. The van der Waals surface area contributed by atoms with Gasteiger partial charge in [-0.15, -0.1) is 0 Å². The average molecular weight is 275 g/mol. The summed E-state index contributed by atoms with van der Waals surface area (Å²) >= 11 is 0. The van der Waals surface area contributed by atoms with E-state index in [0.717, 1.165) is 13.0 Å². The molecule has 2 rings (SSSR count). The molecule has 0 amide bonds. The molecule has 1 saturated heterocycles. The van der Waals surface area contributed by atoms with Crippen molar-refractivity contribution >= 4 is 0 Å². The van der Waals surface area contributed by atoms with Crippen LogP contribution in [0, 0.1) is 40.5 Å². The lowest BCUT2D eigenvalue weighted by Crippen LogP contribution is -2.31. The maximum absolute atomic E-state index is 5.79. The van der Waals surface area contributed by atoms with Crippen LogP contribution in [0.5, 0.6) is 0 Å². The Kier molecular flexibility index (Phi) is 4.55. The highest BCUT2D eigenvalue weighted by Crippen LogP contribution is 2.38. The van der Waals surface area contributed by atoms with Gasteiger partial charge in [-0.1, -0.05) is 0 Å². The molecule has 0 saturated carbocycles. The molecule has 1 aliphatic heterocycles. The Bertz CT molecular complexity index is 478. The van der Waals surface area contributed by atoms with Gasteiger partial charge in [0.05, 0.1) is 6.10 Å². The van der Waals surface area contributed by atoms with Crippen molar-refractivity contribution in [2.75, 3.05) is 13.7 Å². The molecule has 1 heterocycles. The summed E-state index contributed by atoms with van der Waals surface area (Å²) in [6.07, 6.45) is 1.49. The van der Waals surface area contributed by atoms with Crippen molar-refractivity contribution in [1.82, 2.24) is 5.32 Å². The zero-order valence-corrected chi connectivity index (χ0v) is 14.1. The molecule has 3 unspecified atom stereocenters. The number of rotatable bonds is 3. The lowest BCUT2D eigenvalue weighted by atomic mass is 9.80. The van der Waals surface area contributed by atoms with Gasteiger partial charge in [-0.05, 0) is 88.4 Å². The number of hydrogen-bond donors (Lipinski definition) is 1. The van der Waals surface area contributed by atoms with Crippen molar-refractivity contribution in [3.63, 3.8) is 0 Å². The highest BCUT2D eigenvalue weighted by molar-refractivity contribution is 5.51. The topological polar surface area (TPSA) is 21.3 Å². The average Bonchev–Trinajstić information content (AvgIpc) is 2.85. The summed E-state index contributed by atoms with van der Waals surface area (Å²) in [7, 11) is 2.08. The van der Waals surface area contributed by atoms with Gasteiger partial charge in [0, 0.05) is 18.6 Å². The van der Waals surface area contributed by atoms with Crippen LogP contribution in [0.25, 0.3) is 0 Å². The summed E-state index contributed by atoms with van der Waals surface area (Å²) in [5, 5.41) is 3.57. The van der Waals surface area contributed by atoms with Crippen molar-refractivity contribution in [2.45, 2.75) is 60.1 Å². The van der Waals surface area contributed by atoms with Crippen molar-refractivity contribution in [3.8, 4) is 0 Å². The molecule has 0 radical (unpaired) electrons. The Balaban J connectivity index is 2.55. The number of hydrogen-bond acceptors (Lipinski definition) is 2. The van der Waals surface area contributed by atoms with Crippen LogP contribution >= 0.6 is 0 Å². The molecule has 0 spiro atoms. The zero-order chi connectivity index (χ0) is 15.0. The quantitative estimate of drug-likeness (QED) is 0.903. The van der Waals surface area contributed by atoms with Gasteiger partial charge in [0.1, 0.15) is 0 Å². The fourth-order valence-corrected chi connectivity index (χ4v) is 3.75. The molecular weight excluding hydrogens is 246 g/mol. The van der Waals surface area contributed by atoms with Crippen LogP contribution in [0.2, 0.25) is 0 Å². The van der Waals surface area contributed by atoms with Crippen LogP contribution in [-0.2, 0) is 4.74 Å². The molecule has 1 aromatic rings. The third-order valence-corrected chi connectivity index (χ3v) is 5.54. The standard InChI is InChI=1S/C18H29NO/c1-10-11(2)13(4)17(14(5)12(10)3)18(19-7)16-8-9-20-15(16)6/h15-16,18-19H,8-9H2,1-7H3. The number of ether oxygens (including phenoxy) is 1. The van der Waals surface area contributed by atoms with Crippen molar-refractivity contribution in [2.24, 2.45) is 5.92 Å². The molecule has 1 N–H and O–H groups in total. The first-order valence-corrected chi connectivity index (χ1v) is 7.75. The molecule has 0 aromatic heterocycles. The van der Waals surface area contributed by atoms with Gasteiger partial charge in [-0.3, -0.25) is 0 Å². The first-order valence-electron chi connectivity index (χ1n) is 7.75. The van der Waals surface area contributed by atoms with E-state index in [1.54, 1.807) is 0 Å². The molecule has 112 valence electrons. The molecule has 0 aliphatic carbocycles. The van der Waals surface area contributed by atoms with E-state index >= 15 is 0 Å². The summed E-state index contributed by atoms with van der Waals surface area (Å²) < 4.78 is 5.79. The lowest BCUT2D eigenvalue weighted by molar-refractivity contribution is 0.0961. The van der Waals surface area contributed by atoms with E-state index in [-0.39, 0.29) is 0 Å². The SMILES string of the molecule is CNC(c1c(C)c(C)c(C)c(C)c1C)C1CCOC1C. The third-order valence-electron chi connectivity index (χ3n) is 5.54. The molecule has 0 bridgehead atoms. The Morgan fingerprint density at radius 3 is 1.85 bits per heavy atom. The van der Waals surface area contributed by atoms with Crippen LogP contribution in [0.3, 0.4) is 0 Å². The van der Waals surface area contributed by atoms with Crippen LogP contribution < -0.4 is 5.32 Å². The monoisotopic (exact) mass is 275 g/mol. The third kappa shape index (κ3) is 2.40. The lowest BCUT2D eigenvalue weighted by Gasteiger charge is -2.31. The van der Waals surface area contributed by atoms with Gasteiger partial charge in [0.2, 0.25) is 0 Å². The Hall–Kier alpha value is -0.860. The van der Waals surface area contributed by atoms with Crippen LogP contribution in [0.4, 0.5) is 0 Å². The molecule has 1 aliphatic rings. The number of nitrogens with one attached hydrogen (secondary N) is 1. The summed E-state index contributed by atoms with van der Waals surface area (Å²) in [5.74, 6) is 0.568. The first-order chi connectivity index (χ1) is 9.40. The second kappa shape index (κ2) is 5.87. The molecule has 3 atom stereocenters. The minimum absolute atomic E-state index is 0.341. The van der Waals surface area contributed by atoms with E-state index in [2.05, 4.69) is 53.9 Å². The van der Waals surface area contributed by atoms with E-state index in [1.807, 2.05) is 0 Å². The van der Waals surface area contributed by atoms with Crippen LogP contribution in [0.15, 0.2) is 0 Å². The van der Waals surface area contributed by atoms with E-state index < -0.39 is 0 Å².